The number of ether oxygens (including phenoxy) is 1. The Morgan fingerprint density at radius 1 is 0.868 bits per heavy atom. The molecule has 3 fully saturated rings. The van der Waals surface area contributed by atoms with Crippen LogP contribution < -0.4 is 20.3 Å². The number of aromatic amines is 1. The molecule has 19 nitrogen and oxygen atoms in total. The second-order valence-electron chi connectivity index (χ2n) is 17.1. The van der Waals surface area contributed by atoms with E-state index in [1.165, 1.54) is 34.9 Å². The van der Waals surface area contributed by atoms with Crippen molar-refractivity contribution in [2.45, 2.75) is 69.3 Å². The van der Waals surface area contributed by atoms with Crippen LogP contribution in [0.25, 0.3) is 22.2 Å². The molecular formula is C46H46Cl2N10O9S. The largest absolute Gasteiger partial charge is 0.486 e. The van der Waals surface area contributed by atoms with Crippen molar-refractivity contribution in [2.75, 3.05) is 49.5 Å². The number of carbonyl (C=O) groups is 6. The molecule has 0 aliphatic carbocycles. The van der Waals surface area contributed by atoms with Gasteiger partial charge >= 0.3 is 0 Å². The summed E-state index contributed by atoms with van der Waals surface area (Å²) in [6.07, 6.45) is 5.34. The summed E-state index contributed by atoms with van der Waals surface area (Å²) in [6.45, 7) is 3.95. The van der Waals surface area contributed by atoms with Crippen molar-refractivity contribution < 1.29 is 41.9 Å². The molecule has 3 saturated heterocycles. The predicted octanol–water partition coefficient (Wildman–Crippen LogP) is 5.12. The molecule has 354 valence electrons. The van der Waals surface area contributed by atoms with Gasteiger partial charge in [-0.3, -0.25) is 49.1 Å². The molecule has 5 aromatic rings. The SMILES string of the molecule is C[C@@H](Oc1ccc2[nH]nc(-c3ccc(N4CCN(S(=O)(=O)C5CCN(C(=O)CCCC(=O)Nc6ccc7c(c6)C(=O)N(C6CCC(=O)NC6=O)C7=O)CC5)CC4)nc3)c2c1)c1c(Cl)cncc1Cl. The van der Waals surface area contributed by atoms with E-state index in [1.54, 1.807) is 11.1 Å². The number of fused-ring (bicyclic) bond motifs is 2. The van der Waals surface area contributed by atoms with Crippen molar-refractivity contribution in [3.63, 3.8) is 0 Å². The number of carbonyl (C=O) groups excluding carboxylic acids is 6. The van der Waals surface area contributed by atoms with Gasteiger partial charge in [-0.1, -0.05) is 23.2 Å². The molecule has 0 spiro atoms. The number of amides is 6. The minimum atomic E-state index is -3.63. The van der Waals surface area contributed by atoms with Gasteiger partial charge in [-0.2, -0.15) is 9.40 Å². The molecule has 4 aliphatic heterocycles. The van der Waals surface area contributed by atoms with E-state index in [1.807, 2.05) is 37.3 Å². The van der Waals surface area contributed by atoms with Crippen molar-refractivity contribution in [3.8, 4) is 17.0 Å². The van der Waals surface area contributed by atoms with Crippen LogP contribution in [0.1, 0.15) is 84.3 Å². The first-order chi connectivity index (χ1) is 32.7. The lowest BCUT2D eigenvalue weighted by Gasteiger charge is -2.38. The number of piperazine rings is 1. The monoisotopic (exact) mass is 984 g/mol. The van der Waals surface area contributed by atoms with E-state index in [0.29, 0.717) is 66.1 Å². The first-order valence-electron chi connectivity index (χ1n) is 22.2. The number of aromatic nitrogens is 4. The Morgan fingerprint density at radius 2 is 1.60 bits per heavy atom. The number of pyridine rings is 2. The zero-order valence-corrected chi connectivity index (χ0v) is 39.1. The quantitative estimate of drug-likeness (QED) is 0.130. The maximum atomic E-state index is 13.8. The summed E-state index contributed by atoms with van der Waals surface area (Å²) >= 11 is 12.7. The number of sulfonamides is 1. The molecule has 3 aromatic heterocycles. The number of anilines is 2. The van der Waals surface area contributed by atoms with Crippen LogP contribution in [0.3, 0.4) is 0 Å². The molecule has 2 atom stereocenters. The van der Waals surface area contributed by atoms with Crippen LogP contribution in [-0.2, 0) is 29.2 Å². The highest BCUT2D eigenvalue weighted by atomic mass is 35.5. The highest BCUT2D eigenvalue weighted by molar-refractivity contribution is 7.89. The number of nitrogens with one attached hydrogen (secondary N) is 3. The summed E-state index contributed by atoms with van der Waals surface area (Å²) in [5, 5.41) is 13.5. The highest BCUT2D eigenvalue weighted by Gasteiger charge is 2.45. The van der Waals surface area contributed by atoms with Gasteiger partial charge in [0.25, 0.3) is 11.8 Å². The molecule has 68 heavy (non-hydrogen) atoms. The fraction of sp³-hybridized carbons (Fsp3) is 0.370. The molecule has 3 N–H and O–H groups in total. The van der Waals surface area contributed by atoms with Crippen molar-refractivity contribution >= 4 is 91.1 Å². The smallest absolute Gasteiger partial charge is 0.262 e. The first-order valence-corrected chi connectivity index (χ1v) is 24.5. The number of piperidine rings is 2. The van der Waals surface area contributed by atoms with Gasteiger partial charge in [0.05, 0.1) is 31.9 Å². The Hall–Kier alpha value is -6.48. The molecule has 0 bridgehead atoms. The van der Waals surface area contributed by atoms with Crippen LogP contribution in [0.2, 0.25) is 10.0 Å². The van der Waals surface area contributed by atoms with Crippen LogP contribution in [0, 0.1) is 0 Å². The number of H-pyrrole nitrogens is 1. The van der Waals surface area contributed by atoms with E-state index in [9.17, 15) is 37.2 Å². The standard InChI is InChI=1S/C46H46Cl2N10O9S/c1-26(42-34(47)24-49-25-35(42)48)67-29-7-9-36-33(22-29)43(54-53-36)27-5-11-38(50-23-27)55-17-19-57(20-18-55)68(65,66)30-13-15-56(16-14-30)41(61)4-2-3-39(59)51-28-6-8-31-32(21-28)46(64)58(45(31)63)37-10-12-40(60)52-44(37)62/h5-9,11,21-26,30,37H,2-4,10,12-20H2,1H3,(H,51,59)(H,53,54)(H,52,60,62)/t26-,37?/m1/s1. The van der Waals surface area contributed by atoms with Crippen LogP contribution in [0.15, 0.2) is 67.1 Å². The normalized spacial score (nSPS) is 18.8. The van der Waals surface area contributed by atoms with Crippen LogP contribution >= 0.6 is 23.2 Å². The van der Waals surface area contributed by atoms with E-state index < -0.39 is 57.0 Å². The van der Waals surface area contributed by atoms with Crippen molar-refractivity contribution in [1.29, 1.82) is 0 Å². The Kier molecular flexibility index (Phi) is 13.2. The van der Waals surface area contributed by atoms with Gasteiger partial charge in [0, 0.05) is 99.3 Å². The molecule has 0 saturated carbocycles. The molecule has 1 unspecified atom stereocenters. The zero-order valence-electron chi connectivity index (χ0n) is 36.7. The average Bonchev–Trinajstić information content (AvgIpc) is 3.85. The fourth-order valence-corrected chi connectivity index (χ4v) is 11.8. The summed E-state index contributed by atoms with van der Waals surface area (Å²) in [6, 6.07) is 12.6. The average molecular weight is 986 g/mol. The van der Waals surface area contributed by atoms with Crippen LogP contribution in [0.5, 0.6) is 5.75 Å². The minimum Gasteiger partial charge on any atom is -0.486 e. The van der Waals surface area contributed by atoms with Crippen LogP contribution in [0.4, 0.5) is 11.5 Å². The number of nitrogens with zero attached hydrogens (tertiary/aromatic N) is 7. The Balaban J connectivity index is 0.714. The van der Waals surface area contributed by atoms with Gasteiger partial charge in [-0.05, 0) is 81.1 Å². The molecule has 22 heteroatoms. The Labute approximate surface area is 400 Å². The number of benzene rings is 2. The second-order valence-corrected chi connectivity index (χ2v) is 20.1. The molecule has 2 aromatic carbocycles. The Morgan fingerprint density at radius 3 is 2.31 bits per heavy atom. The Bertz CT molecular complexity index is 2930. The summed E-state index contributed by atoms with van der Waals surface area (Å²) in [5.74, 6) is -1.77. The topological polar surface area (TPSA) is 237 Å². The summed E-state index contributed by atoms with van der Waals surface area (Å²) in [7, 11) is -3.63. The lowest BCUT2D eigenvalue weighted by atomic mass is 10.0. The van der Waals surface area contributed by atoms with E-state index in [4.69, 9.17) is 32.9 Å². The van der Waals surface area contributed by atoms with E-state index in [-0.39, 0.29) is 67.9 Å². The molecule has 7 heterocycles. The molecule has 9 rings (SSSR count). The summed E-state index contributed by atoms with van der Waals surface area (Å²) in [5.41, 5.74) is 3.34. The summed E-state index contributed by atoms with van der Waals surface area (Å²) in [4.78, 5) is 89.2. The number of halogens is 2. The first kappa shape index (κ1) is 46.6. The van der Waals surface area contributed by atoms with E-state index >= 15 is 0 Å². The minimum absolute atomic E-state index is 0.000470. The summed E-state index contributed by atoms with van der Waals surface area (Å²) < 4.78 is 35.3. The van der Waals surface area contributed by atoms with E-state index in [2.05, 4.69) is 30.7 Å². The zero-order chi connectivity index (χ0) is 47.9. The number of likely N-dealkylation sites (tertiary alicyclic amines) is 1. The number of hydrogen-bond donors (Lipinski definition) is 3. The van der Waals surface area contributed by atoms with Gasteiger partial charge in [-0.25, -0.2) is 13.4 Å². The van der Waals surface area contributed by atoms with Gasteiger partial charge in [0.15, 0.2) is 0 Å². The van der Waals surface area contributed by atoms with Gasteiger partial charge < -0.3 is 19.9 Å². The fourth-order valence-electron chi connectivity index (χ4n) is 9.19. The van der Waals surface area contributed by atoms with Crippen molar-refractivity contribution in [1.82, 2.24) is 39.6 Å². The lowest BCUT2D eigenvalue weighted by Crippen LogP contribution is -2.54. The van der Waals surface area contributed by atoms with Gasteiger partial charge in [0.1, 0.15) is 29.4 Å². The maximum absolute atomic E-state index is 13.8. The molecule has 4 aliphatic rings. The molecule has 0 radical (unpaired) electrons. The highest BCUT2D eigenvalue weighted by Crippen LogP contribution is 2.36. The third-order valence-electron chi connectivity index (χ3n) is 12.8. The number of imide groups is 2. The lowest BCUT2D eigenvalue weighted by molar-refractivity contribution is -0.136. The van der Waals surface area contributed by atoms with Crippen molar-refractivity contribution in [2.24, 2.45) is 0 Å². The maximum Gasteiger partial charge on any atom is 0.262 e. The number of rotatable bonds is 13. The van der Waals surface area contributed by atoms with Crippen molar-refractivity contribution in [3.05, 3.63) is 93.9 Å². The molecule has 6 amide bonds. The number of hydrogen-bond acceptors (Lipinski definition) is 13. The van der Waals surface area contributed by atoms with Gasteiger partial charge in [0.2, 0.25) is 33.7 Å². The van der Waals surface area contributed by atoms with E-state index in [0.717, 1.165) is 27.2 Å². The van der Waals surface area contributed by atoms with Gasteiger partial charge in [-0.15, -0.1) is 0 Å². The third-order valence-corrected chi connectivity index (χ3v) is 15.8. The van der Waals surface area contributed by atoms with Crippen LogP contribution in [-0.4, -0.2) is 129 Å². The predicted molar refractivity (Wildman–Crippen MR) is 251 cm³/mol. The molecular weight excluding hydrogens is 940 g/mol. The third kappa shape index (κ3) is 9.37. The second kappa shape index (κ2) is 19.3.